The molecule has 0 N–H and O–H groups in total. The molecular formula is C14H18N2O2. The van der Waals surface area contributed by atoms with Crippen LogP contribution >= 0.6 is 0 Å². The number of benzene rings is 1. The lowest BCUT2D eigenvalue weighted by Gasteiger charge is -2.37. The smallest absolute Gasteiger partial charge is 0.312 e. The third-order valence-electron chi connectivity index (χ3n) is 3.56. The highest BCUT2D eigenvalue weighted by Crippen LogP contribution is 2.27. The SMILES string of the molecule is Cc1ccc(C)c(C2CN(C)C(=O)C(=O)N2C)c1. The molecule has 0 spiro atoms. The van der Waals surface area contributed by atoms with Gasteiger partial charge in [-0.05, 0) is 25.0 Å². The van der Waals surface area contributed by atoms with Crippen molar-refractivity contribution in [3.8, 4) is 0 Å². The van der Waals surface area contributed by atoms with E-state index in [1.165, 1.54) is 4.90 Å². The van der Waals surface area contributed by atoms with Crippen molar-refractivity contribution in [1.29, 1.82) is 0 Å². The van der Waals surface area contributed by atoms with Crippen molar-refractivity contribution in [3.63, 3.8) is 0 Å². The monoisotopic (exact) mass is 246 g/mol. The zero-order valence-corrected chi connectivity index (χ0v) is 11.2. The molecule has 4 nitrogen and oxygen atoms in total. The number of aryl methyl sites for hydroxylation is 2. The fourth-order valence-electron chi connectivity index (χ4n) is 2.35. The lowest BCUT2D eigenvalue weighted by molar-refractivity contribution is -0.156. The van der Waals surface area contributed by atoms with E-state index in [2.05, 4.69) is 18.2 Å². The molecule has 2 amide bonds. The Labute approximate surface area is 107 Å². The molecule has 1 aliphatic rings. The van der Waals surface area contributed by atoms with Crippen LogP contribution in [0.5, 0.6) is 0 Å². The van der Waals surface area contributed by atoms with E-state index in [1.54, 1.807) is 19.0 Å². The van der Waals surface area contributed by atoms with Gasteiger partial charge in [0, 0.05) is 20.6 Å². The van der Waals surface area contributed by atoms with E-state index in [9.17, 15) is 9.59 Å². The molecule has 1 aliphatic heterocycles. The first kappa shape index (κ1) is 12.6. The fraction of sp³-hybridized carbons (Fsp3) is 0.429. The second kappa shape index (κ2) is 4.44. The molecule has 18 heavy (non-hydrogen) atoms. The summed E-state index contributed by atoms with van der Waals surface area (Å²) in [6.45, 7) is 4.61. The van der Waals surface area contributed by atoms with Crippen molar-refractivity contribution in [3.05, 3.63) is 34.9 Å². The Hall–Kier alpha value is -1.84. The zero-order valence-electron chi connectivity index (χ0n) is 11.2. The molecule has 0 saturated carbocycles. The summed E-state index contributed by atoms with van der Waals surface area (Å²) in [4.78, 5) is 26.5. The van der Waals surface area contributed by atoms with Crippen LogP contribution < -0.4 is 0 Å². The van der Waals surface area contributed by atoms with E-state index in [-0.39, 0.29) is 6.04 Å². The van der Waals surface area contributed by atoms with Crippen molar-refractivity contribution in [1.82, 2.24) is 9.80 Å². The zero-order chi connectivity index (χ0) is 13.4. The molecule has 1 fully saturated rings. The number of amides is 2. The minimum absolute atomic E-state index is 0.0555. The normalized spacial score (nSPS) is 20.6. The van der Waals surface area contributed by atoms with E-state index >= 15 is 0 Å². The van der Waals surface area contributed by atoms with E-state index in [4.69, 9.17) is 0 Å². The van der Waals surface area contributed by atoms with Crippen molar-refractivity contribution >= 4 is 11.8 Å². The van der Waals surface area contributed by atoms with Gasteiger partial charge in [-0.25, -0.2) is 0 Å². The largest absolute Gasteiger partial charge is 0.335 e. The highest BCUT2D eigenvalue weighted by Gasteiger charge is 2.36. The van der Waals surface area contributed by atoms with Gasteiger partial charge in [-0.2, -0.15) is 0 Å². The third kappa shape index (κ3) is 1.98. The Bertz CT molecular complexity index is 511. The van der Waals surface area contributed by atoms with Gasteiger partial charge in [-0.15, -0.1) is 0 Å². The molecule has 1 heterocycles. The van der Waals surface area contributed by atoms with E-state index in [1.807, 2.05) is 13.8 Å². The maximum absolute atomic E-state index is 11.9. The molecule has 1 saturated heterocycles. The topological polar surface area (TPSA) is 40.6 Å². The maximum atomic E-state index is 11.9. The second-order valence-electron chi connectivity index (χ2n) is 4.98. The molecule has 0 aliphatic carbocycles. The van der Waals surface area contributed by atoms with Crippen LogP contribution in [-0.4, -0.2) is 42.3 Å². The number of nitrogens with zero attached hydrogens (tertiary/aromatic N) is 2. The molecule has 0 bridgehead atoms. The van der Waals surface area contributed by atoms with Crippen molar-refractivity contribution in [2.45, 2.75) is 19.9 Å². The summed E-state index contributed by atoms with van der Waals surface area (Å²) in [5.41, 5.74) is 3.43. The van der Waals surface area contributed by atoms with Gasteiger partial charge in [0.05, 0.1) is 6.04 Å². The summed E-state index contributed by atoms with van der Waals surface area (Å²) in [5, 5.41) is 0. The Morgan fingerprint density at radius 3 is 2.44 bits per heavy atom. The van der Waals surface area contributed by atoms with Gasteiger partial charge in [0.1, 0.15) is 0 Å². The van der Waals surface area contributed by atoms with Gasteiger partial charge in [0.25, 0.3) is 0 Å². The van der Waals surface area contributed by atoms with Crippen LogP contribution in [0.2, 0.25) is 0 Å². The Kier molecular flexibility index (Phi) is 3.11. The molecule has 4 heteroatoms. The Morgan fingerprint density at radius 2 is 1.78 bits per heavy atom. The summed E-state index contributed by atoms with van der Waals surface area (Å²) in [7, 11) is 3.37. The molecule has 0 aromatic heterocycles. The predicted octanol–water partition coefficient (Wildman–Crippen LogP) is 1.27. The summed E-state index contributed by atoms with van der Waals surface area (Å²) >= 11 is 0. The lowest BCUT2D eigenvalue weighted by atomic mass is 9.96. The molecule has 1 atom stereocenters. The van der Waals surface area contributed by atoms with Crippen LogP contribution in [0.25, 0.3) is 0 Å². The molecule has 1 aromatic carbocycles. The van der Waals surface area contributed by atoms with Gasteiger partial charge in [0.2, 0.25) is 0 Å². The Balaban J connectivity index is 2.41. The first-order chi connectivity index (χ1) is 8.41. The molecular weight excluding hydrogens is 228 g/mol. The maximum Gasteiger partial charge on any atom is 0.312 e. The first-order valence-corrected chi connectivity index (χ1v) is 6.01. The third-order valence-corrected chi connectivity index (χ3v) is 3.56. The number of piperazine rings is 1. The molecule has 0 radical (unpaired) electrons. The predicted molar refractivity (Wildman–Crippen MR) is 69.1 cm³/mol. The number of likely N-dealkylation sites (N-methyl/N-ethyl adjacent to an activating group) is 2. The van der Waals surface area contributed by atoms with E-state index in [0.29, 0.717) is 6.54 Å². The van der Waals surface area contributed by atoms with Gasteiger partial charge in [0.15, 0.2) is 0 Å². The summed E-state index contributed by atoms with van der Waals surface area (Å²) in [6.07, 6.45) is 0. The summed E-state index contributed by atoms with van der Waals surface area (Å²) in [5.74, 6) is -0.867. The van der Waals surface area contributed by atoms with Crippen LogP contribution in [0.1, 0.15) is 22.7 Å². The first-order valence-electron chi connectivity index (χ1n) is 6.01. The second-order valence-corrected chi connectivity index (χ2v) is 4.98. The Morgan fingerprint density at radius 1 is 1.11 bits per heavy atom. The van der Waals surface area contributed by atoms with Crippen LogP contribution in [0.15, 0.2) is 18.2 Å². The van der Waals surface area contributed by atoms with Crippen LogP contribution in [-0.2, 0) is 9.59 Å². The molecule has 2 rings (SSSR count). The molecule has 1 unspecified atom stereocenters. The average molecular weight is 246 g/mol. The highest BCUT2D eigenvalue weighted by atomic mass is 16.2. The minimum Gasteiger partial charge on any atom is -0.335 e. The summed E-state index contributed by atoms with van der Waals surface area (Å²) in [6, 6.07) is 6.14. The minimum atomic E-state index is -0.436. The molecule has 96 valence electrons. The molecule has 1 aromatic rings. The quantitative estimate of drug-likeness (QED) is 0.700. The fourth-order valence-corrected chi connectivity index (χ4v) is 2.35. The van der Waals surface area contributed by atoms with Crippen molar-refractivity contribution < 1.29 is 9.59 Å². The van der Waals surface area contributed by atoms with Gasteiger partial charge >= 0.3 is 11.8 Å². The van der Waals surface area contributed by atoms with Crippen molar-refractivity contribution in [2.24, 2.45) is 0 Å². The number of hydrogen-bond acceptors (Lipinski definition) is 2. The number of hydrogen-bond donors (Lipinski definition) is 0. The van der Waals surface area contributed by atoms with Crippen LogP contribution in [0, 0.1) is 13.8 Å². The summed E-state index contributed by atoms with van der Waals surface area (Å²) < 4.78 is 0. The van der Waals surface area contributed by atoms with Gasteiger partial charge in [-0.3, -0.25) is 9.59 Å². The van der Waals surface area contributed by atoms with Gasteiger partial charge in [-0.1, -0.05) is 23.8 Å². The highest BCUT2D eigenvalue weighted by molar-refractivity contribution is 6.35. The number of rotatable bonds is 1. The van der Waals surface area contributed by atoms with E-state index in [0.717, 1.165) is 16.7 Å². The van der Waals surface area contributed by atoms with E-state index < -0.39 is 11.8 Å². The average Bonchev–Trinajstić information content (AvgIpc) is 2.34. The standard InChI is InChI=1S/C14H18N2O2/c1-9-5-6-10(2)11(7-9)12-8-15(3)13(17)14(18)16(12)4/h5-7,12H,8H2,1-4H3. The van der Waals surface area contributed by atoms with Crippen molar-refractivity contribution in [2.75, 3.05) is 20.6 Å². The van der Waals surface area contributed by atoms with Crippen LogP contribution in [0.4, 0.5) is 0 Å². The van der Waals surface area contributed by atoms with Gasteiger partial charge < -0.3 is 9.80 Å². The number of carbonyl (C=O) groups is 2. The van der Waals surface area contributed by atoms with Crippen LogP contribution in [0.3, 0.4) is 0 Å². The lowest BCUT2D eigenvalue weighted by Crippen LogP contribution is -2.52. The number of carbonyl (C=O) groups excluding carboxylic acids is 2.